The average molecular weight is 416 g/mol. The van der Waals surface area contributed by atoms with Crippen molar-refractivity contribution in [2.24, 2.45) is 0 Å². The van der Waals surface area contributed by atoms with Crippen LogP contribution in [0.4, 0.5) is 11.4 Å². The predicted molar refractivity (Wildman–Crippen MR) is 107 cm³/mol. The summed E-state index contributed by atoms with van der Waals surface area (Å²) >= 11 is 6.30. The molecule has 0 radical (unpaired) electrons. The van der Waals surface area contributed by atoms with Crippen molar-refractivity contribution in [2.75, 3.05) is 5.32 Å². The lowest BCUT2D eigenvalue weighted by molar-refractivity contribution is -0.384. The third-order valence-corrected chi connectivity index (χ3v) is 5.17. The van der Waals surface area contributed by atoms with E-state index in [1.54, 1.807) is 0 Å². The molecule has 10 nitrogen and oxygen atoms in total. The van der Waals surface area contributed by atoms with Crippen molar-refractivity contribution < 1.29 is 4.92 Å². The Kier molecular flexibility index (Phi) is 5.01. The van der Waals surface area contributed by atoms with Crippen LogP contribution in [0.15, 0.2) is 35.3 Å². The number of anilines is 1. The van der Waals surface area contributed by atoms with E-state index in [0.29, 0.717) is 17.9 Å². The van der Waals surface area contributed by atoms with Gasteiger partial charge in [-0.2, -0.15) is 14.9 Å². The molecule has 3 aromatic rings. The molecule has 150 valence electrons. The number of fused-ring (bicyclic) bond motifs is 1. The molecule has 1 unspecified atom stereocenters. The van der Waals surface area contributed by atoms with Gasteiger partial charge in [0, 0.05) is 31.0 Å². The van der Waals surface area contributed by atoms with Gasteiger partial charge >= 0.3 is 0 Å². The third kappa shape index (κ3) is 3.70. The minimum absolute atomic E-state index is 0.0111. The second-order valence-electron chi connectivity index (χ2n) is 6.72. The lowest BCUT2D eigenvalue weighted by Crippen LogP contribution is -2.33. The van der Waals surface area contributed by atoms with Crippen molar-refractivity contribution in [3.63, 3.8) is 0 Å². The number of halogens is 1. The fourth-order valence-corrected chi connectivity index (χ4v) is 3.46. The van der Waals surface area contributed by atoms with Gasteiger partial charge in [-0.1, -0.05) is 18.5 Å². The van der Waals surface area contributed by atoms with Crippen LogP contribution in [0.1, 0.15) is 25.0 Å². The van der Waals surface area contributed by atoms with Crippen LogP contribution in [0.3, 0.4) is 0 Å². The molecular formula is C18H18ClN7O3. The molecule has 11 heteroatoms. The van der Waals surface area contributed by atoms with E-state index < -0.39 is 10.5 Å². The number of nitro benzene ring substituents is 1. The van der Waals surface area contributed by atoms with E-state index in [1.807, 2.05) is 11.6 Å². The summed E-state index contributed by atoms with van der Waals surface area (Å²) in [4.78, 5) is 27.4. The number of nitro groups is 1. The highest BCUT2D eigenvalue weighted by atomic mass is 35.5. The second-order valence-corrected chi connectivity index (χ2v) is 7.10. The summed E-state index contributed by atoms with van der Waals surface area (Å²) in [7, 11) is 0. The molecule has 3 heterocycles. The standard InChI is InChI=1S/C18H18ClN7O3/c1-2-15-22-16-8-3-11(10-24(16)23-15)21-14-9-20-25(18(27)17(14)19)12-4-6-13(7-5-12)26(28)29/h4-7,9,11,21H,2-3,8,10H2,1H3. The number of aryl methyl sites for hydroxylation is 2. The van der Waals surface area contributed by atoms with Gasteiger partial charge in [-0.15, -0.1) is 0 Å². The molecule has 0 saturated carbocycles. The van der Waals surface area contributed by atoms with Crippen molar-refractivity contribution in [3.05, 3.63) is 67.6 Å². The summed E-state index contributed by atoms with van der Waals surface area (Å²) in [6, 6.07) is 5.57. The third-order valence-electron chi connectivity index (χ3n) is 4.80. The number of hydrogen-bond acceptors (Lipinski definition) is 7. The molecule has 2 aromatic heterocycles. The molecule has 0 aliphatic carbocycles. The molecule has 0 fully saturated rings. The molecule has 4 rings (SSSR count). The summed E-state index contributed by atoms with van der Waals surface area (Å²) in [5.41, 5.74) is 0.267. The number of nitrogens with zero attached hydrogens (tertiary/aromatic N) is 6. The van der Waals surface area contributed by atoms with E-state index in [1.165, 1.54) is 30.5 Å². The Labute approximate surface area is 170 Å². The van der Waals surface area contributed by atoms with Crippen LogP contribution < -0.4 is 10.9 Å². The number of hydrogen-bond donors (Lipinski definition) is 1. The predicted octanol–water partition coefficient (Wildman–Crippen LogP) is 2.37. The lowest BCUT2D eigenvalue weighted by Gasteiger charge is -2.24. The first kappa shape index (κ1) is 19.1. The highest BCUT2D eigenvalue weighted by Crippen LogP contribution is 2.22. The largest absolute Gasteiger partial charge is 0.378 e. The van der Waals surface area contributed by atoms with Gasteiger partial charge in [-0.05, 0) is 18.6 Å². The van der Waals surface area contributed by atoms with Gasteiger partial charge in [-0.3, -0.25) is 14.9 Å². The fraction of sp³-hybridized carbons (Fsp3) is 0.333. The maximum atomic E-state index is 12.7. The molecule has 1 N–H and O–H groups in total. The van der Waals surface area contributed by atoms with E-state index in [2.05, 4.69) is 20.5 Å². The molecular weight excluding hydrogens is 398 g/mol. The second kappa shape index (κ2) is 7.63. The Balaban J connectivity index is 1.54. The highest BCUT2D eigenvalue weighted by Gasteiger charge is 2.23. The van der Waals surface area contributed by atoms with Crippen LogP contribution in [-0.4, -0.2) is 35.5 Å². The van der Waals surface area contributed by atoms with Crippen LogP contribution in [0.25, 0.3) is 5.69 Å². The first-order chi connectivity index (χ1) is 14.0. The van der Waals surface area contributed by atoms with Crippen LogP contribution in [0.5, 0.6) is 0 Å². The number of nitrogens with one attached hydrogen (secondary N) is 1. The minimum Gasteiger partial charge on any atom is -0.378 e. The average Bonchev–Trinajstić information content (AvgIpc) is 3.14. The van der Waals surface area contributed by atoms with Crippen molar-refractivity contribution in [1.82, 2.24) is 24.5 Å². The zero-order chi connectivity index (χ0) is 20.5. The summed E-state index contributed by atoms with van der Waals surface area (Å²) in [6.07, 6.45) is 3.90. The van der Waals surface area contributed by atoms with Crippen LogP contribution in [0.2, 0.25) is 5.02 Å². The van der Waals surface area contributed by atoms with E-state index >= 15 is 0 Å². The highest BCUT2D eigenvalue weighted by molar-refractivity contribution is 6.33. The molecule has 0 amide bonds. The van der Waals surface area contributed by atoms with Crippen molar-refractivity contribution in [2.45, 2.75) is 38.8 Å². The number of non-ortho nitro benzene ring substituents is 1. The fourth-order valence-electron chi connectivity index (χ4n) is 3.28. The molecule has 29 heavy (non-hydrogen) atoms. The Morgan fingerprint density at radius 2 is 2.10 bits per heavy atom. The normalized spacial score (nSPS) is 15.7. The zero-order valence-corrected chi connectivity index (χ0v) is 16.3. The van der Waals surface area contributed by atoms with Gasteiger partial charge in [0.2, 0.25) is 0 Å². The van der Waals surface area contributed by atoms with Crippen LogP contribution in [-0.2, 0) is 19.4 Å². The molecule has 0 bridgehead atoms. The monoisotopic (exact) mass is 415 g/mol. The van der Waals surface area contributed by atoms with Crippen LogP contribution >= 0.6 is 11.6 Å². The smallest absolute Gasteiger partial charge is 0.292 e. The van der Waals surface area contributed by atoms with Gasteiger partial charge in [-0.25, -0.2) is 9.67 Å². The number of benzene rings is 1. The van der Waals surface area contributed by atoms with E-state index in [9.17, 15) is 14.9 Å². The molecule has 0 spiro atoms. The summed E-state index contributed by atoms with van der Waals surface area (Å²) in [5.74, 6) is 1.80. The number of rotatable bonds is 5. The van der Waals surface area contributed by atoms with Gasteiger partial charge in [0.1, 0.15) is 10.8 Å². The first-order valence-corrected chi connectivity index (χ1v) is 9.56. The van der Waals surface area contributed by atoms with E-state index in [-0.39, 0.29) is 16.8 Å². The SMILES string of the molecule is CCc1nc2n(n1)CC(Nc1cnn(-c3ccc([N+](=O)[O-])cc3)c(=O)c1Cl)CC2. The van der Waals surface area contributed by atoms with Crippen molar-refractivity contribution in [1.29, 1.82) is 0 Å². The Hall–Kier alpha value is -3.27. The van der Waals surface area contributed by atoms with Gasteiger partial charge in [0.25, 0.3) is 11.2 Å². The topological polar surface area (TPSA) is 121 Å². The van der Waals surface area contributed by atoms with Crippen LogP contribution in [0, 0.1) is 10.1 Å². The number of aromatic nitrogens is 5. The van der Waals surface area contributed by atoms with Gasteiger partial charge in [0.15, 0.2) is 5.82 Å². The molecule has 1 aromatic carbocycles. The molecule has 1 aliphatic rings. The summed E-state index contributed by atoms with van der Waals surface area (Å²) < 4.78 is 3.00. The van der Waals surface area contributed by atoms with E-state index in [4.69, 9.17) is 11.6 Å². The van der Waals surface area contributed by atoms with Crippen molar-refractivity contribution >= 4 is 23.0 Å². The Bertz CT molecular complexity index is 1120. The maximum Gasteiger partial charge on any atom is 0.292 e. The Morgan fingerprint density at radius 1 is 1.34 bits per heavy atom. The lowest BCUT2D eigenvalue weighted by atomic mass is 10.1. The van der Waals surface area contributed by atoms with E-state index in [0.717, 1.165) is 35.6 Å². The maximum absolute atomic E-state index is 12.7. The van der Waals surface area contributed by atoms with Gasteiger partial charge < -0.3 is 5.32 Å². The van der Waals surface area contributed by atoms with Gasteiger partial charge in [0.05, 0.1) is 29.0 Å². The van der Waals surface area contributed by atoms with Crippen molar-refractivity contribution in [3.8, 4) is 5.69 Å². The first-order valence-electron chi connectivity index (χ1n) is 9.18. The minimum atomic E-state index is -0.506. The summed E-state index contributed by atoms with van der Waals surface area (Å²) in [5, 5.41) is 22.7. The molecule has 1 aliphatic heterocycles. The molecule has 1 atom stereocenters. The Morgan fingerprint density at radius 3 is 2.79 bits per heavy atom. The summed E-state index contributed by atoms with van der Waals surface area (Å²) in [6.45, 7) is 2.65. The zero-order valence-electron chi connectivity index (χ0n) is 15.6. The quantitative estimate of drug-likeness (QED) is 0.501. The molecule has 0 saturated heterocycles.